The first kappa shape index (κ1) is 17.4. The van der Waals surface area contributed by atoms with Gasteiger partial charge in [-0.25, -0.2) is 9.18 Å². The molecular weight excluding hydrogens is 313 g/mol. The average Bonchev–Trinajstić information content (AvgIpc) is 2.86. The third-order valence-corrected chi connectivity index (χ3v) is 3.88. The number of benzene rings is 1. The molecule has 1 aromatic carbocycles. The zero-order chi connectivity index (χ0) is 17.0. The molecule has 2 rings (SSSR count). The maximum Gasteiger partial charge on any atom is 0.387 e. The number of urea groups is 1. The van der Waals surface area contributed by atoms with E-state index in [1.807, 2.05) is 0 Å². The lowest BCUT2D eigenvalue weighted by molar-refractivity contribution is -0.0495. The van der Waals surface area contributed by atoms with Crippen LogP contribution < -0.4 is 10.1 Å². The van der Waals surface area contributed by atoms with Gasteiger partial charge in [-0.3, -0.25) is 0 Å². The minimum atomic E-state index is -3.13. The first-order valence-electron chi connectivity index (χ1n) is 7.31. The lowest BCUT2D eigenvalue weighted by atomic mass is 10.1. The van der Waals surface area contributed by atoms with E-state index >= 15 is 0 Å². The van der Waals surface area contributed by atoms with Gasteiger partial charge in [-0.15, -0.1) is 0 Å². The van der Waals surface area contributed by atoms with E-state index in [0.717, 1.165) is 31.0 Å². The molecule has 0 radical (unpaired) electrons. The van der Waals surface area contributed by atoms with Crippen LogP contribution in [0.4, 0.5) is 23.7 Å². The van der Waals surface area contributed by atoms with Gasteiger partial charge in [0.1, 0.15) is 5.82 Å². The fourth-order valence-corrected chi connectivity index (χ4v) is 2.67. The number of carbonyl (C=O) groups excluding carboxylic acids is 1. The normalized spacial score (nSPS) is 20.6. The van der Waals surface area contributed by atoms with Crippen LogP contribution in [0.5, 0.6) is 5.75 Å². The molecule has 2 atom stereocenters. The number of hydrogen-bond donors (Lipinski definition) is 2. The van der Waals surface area contributed by atoms with Crippen molar-refractivity contribution >= 4 is 11.7 Å². The van der Waals surface area contributed by atoms with Gasteiger partial charge in [-0.1, -0.05) is 6.42 Å². The number of nitrogens with one attached hydrogen (secondary N) is 1. The number of alkyl halides is 2. The second kappa shape index (κ2) is 7.54. The molecule has 1 aliphatic rings. The molecule has 1 aromatic rings. The Morgan fingerprint density at radius 3 is 2.83 bits per heavy atom. The van der Waals surface area contributed by atoms with Crippen molar-refractivity contribution in [3.8, 4) is 5.75 Å². The molecule has 1 saturated carbocycles. The largest absolute Gasteiger partial charge is 0.432 e. The summed E-state index contributed by atoms with van der Waals surface area (Å²) in [7, 11) is 1.54. The molecule has 0 aromatic heterocycles. The highest BCUT2D eigenvalue weighted by Crippen LogP contribution is 2.28. The molecule has 23 heavy (non-hydrogen) atoms. The highest BCUT2D eigenvalue weighted by Gasteiger charge is 2.27. The van der Waals surface area contributed by atoms with E-state index in [9.17, 15) is 23.1 Å². The van der Waals surface area contributed by atoms with Crippen LogP contribution >= 0.6 is 0 Å². The van der Waals surface area contributed by atoms with Crippen LogP contribution in [0.25, 0.3) is 0 Å². The van der Waals surface area contributed by atoms with E-state index < -0.39 is 30.3 Å². The van der Waals surface area contributed by atoms with Gasteiger partial charge in [-0.05, 0) is 25.0 Å². The molecule has 2 amide bonds. The molecule has 128 valence electrons. The van der Waals surface area contributed by atoms with Crippen LogP contribution in [0.15, 0.2) is 18.2 Å². The lowest BCUT2D eigenvalue weighted by Crippen LogP contribution is -2.37. The highest BCUT2D eigenvalue weighted by molar-refractivity contribution is 5.90. The van der Waals surface area contributed by atoms with E-state index in [0.29, 0.717) is 13.0 Å². The molecule has 0 aliphatic heterocycles. The Morgan fingerprint density at radius 2 is 2.22 bits per heavy atom. The van der Waals surface area contributed by atoms with Gasteiger partial charge in [0, 0.05) is 25.6 Å². The number of aliphatic hydroxyl groups excluding tert-OH is 1. The van der Waals surface area contributed by atoms with Gasteiger partial charge in [0.15, 0.2) is 5.75 Å². The van der Waals surface area contributed by atoms with Crippen LogP contribution in [-0.2, 0) is 0 Å². The number of hydrogen-bond acceptors (Lipinski definition) is 3. The van der Waals surface area contributed by atoms with E-state index in [4.69, 9.17) is 0 Å². The molecule has 0 bridgehead atoms. The summed E-state index contributed by atoms with van der Waals surface area (Å²) in [5.74, 6) is -1.19. The van der Waals surface area contributed by atoms with Gasteiger partial charge in [0.05, 0.1) is 11.8 Å². The number of nitrogens with zero attached hydrogens (tertiary/aromatic N) is 1. The summed E-state index contributed by atoms with van der Waals surface area (Å²) in [5, 5.41) is 12.2. The zero-order valence-electron chi connectivity index (χ0n) is 12.6. The molecule has 0 saturated heterocycles. The summed E-state index contributed by atoms with van der Waals surface area (Å²) in [6, 6.07) is 2.43. The van der Waals surface area contributed by atoms with E-state index in [-0.39, 0.29) is 11.6 Å². The summed E-state index contributed by atoms with van der Waals surface area (Å²) in [6.07, 6.45) is 2.01. The third kappa shape index (κ3) is 4.75. The molecule has 2 N–H and O–H groups in total. The zero-order valence-corrected chi connectivity index (χ0v) is 12.6. The Balaban J connectivity index is 2.01. The standard InChI is InChI=1S/C15H19F3N2O3/c1-20(8-9-3-2-4-12(9)21)15(22)19-11-6-5-10(16)7-13(11)23-14(17)18/h5-7,9,12,14,21H,2-4,8H2,1H3,(H,19,22). The van der Waals surface area contributed by atoms with Crippen molar-refractivity contribution in [2.75, 3.05) is 18.9 Å². The number of aliphatic hydroxyl groups is 1. The fraction of sp³-hybridized carbons (Fsp3) is 0.533. The molecule has 0 spiro atoms. The monoisotopic (exact) mass is 332 g/mol. The Hall–Kier alpha value is -1.96. The third-order valence-electron chi connectivity index (χ3n) is 3.88. The van der Waals surface area contributed by atoms with Gasteiger partial charge >= 0.3 is 12.6 Å². The van der Waals surface area contributed by atoms with Crippen LogP contribution in [0.3, 0.4) is 0 Å². The predicted octanol–water partition coefficient (Wildman–Crippen LogP) is 3.05. The van der Waals surface area contributed by atoms with Gasteiger partial charge in [-0.2, -0.15) is 8.78 Å². The molecule has 0 heterocycles. The SMILES string of the molecule is CN(CC1CCCC1O)C(=O)Nc1ccc(F)cc1OC(F)F. The smallest absolute Gasteiger partial charge is 0.387 e. The number of halogens is 3. The summed E-state index contributed by atoms with van der Waals surface area (Å²) in [4.78, 5) is 13.5. The van der Waals surface area contributed by atoms with E-state index in [1.54, 1.807) is 0 Å². The summed E-state index contributed by atoms with van der Waals surface area (Å²) in [6.45, 7) is -2.78. The van der Waals surface area contributed by atoms with E-state index in [2.05, 4.69) is 10.1 Å². The van der Waals surface area contributed by atoms with Crippen molar-refractivity contribution in [1.29, 1.82) is 0 Å². The number of ether oxygens (including phenoxy) is 1. The Labute approximate surface area is 132 Å². The first-order chi connectivity index (χ1) is 10.9. The van der Waals surface area contributed by atoms with Crippen molar-refractivity contribution in [3.63, 3.8) is 0 Å². The summed E-state index contributed by atoms with van der Waals surface area (Å²) < 4.78 is 42.0. The van der Waals surface area contributed by atoms with E-state index in [1.165, 1.54) is 11.9 Å². The minimum absolute atomic E-state index is 0.00393. The maximum atomic E-state index is 13.1. The fourth-order valence-electron chi connectivity index (χ4n) is 2.67. The van der Waals surface area contributed by atoms with Crippen molar-refractivity contribution in [2.24, 2.45) is 5.92 Å². The summed E-state index contributed by atoms with van der Waals surface area (Å²) in [5.41, 5.74) is -0.0458. The van der Waals surface area contributed by atoms with Crippen LogP contribution in [0, 0.1) is 11.7 Å². The van der Waals surface area contributed by atoms with Crippen LogP contribution in [0.2, 0.25) is 0 Å². The average molecular weight is 332 g/mol. The molecule has 5 nitrogen and oxygen atoms in total. The van der Waals surface area contributed by atoms with Gasteiger partial charge < -0.3 is 20.1 Å². The molecule has 1 fully saturated rings. The van der Waals surface area contributed by atoms with Crippen molar-refractivity contribution in [2.45, 2.75) is 32.0 Å². The highest BCUT2D eigenvalue weighted by atomic mass is 19.3. The molecule has 8 heteroatoms. The number of anilines is 1. The van der Waals surface area contributed by atoms with Crippen molar-refractivity contribution in [1.82, 2.24) is 4.90 Å². The predicted molar refractivity (Wildman–Crippen MR) is 78.0 cm³/mol. The molecular formula is C15H19F3N2O3. The van der Waals surface area contributed by atoms with Crippen LogP contribution in [-0.4, -0.2) is 42.3 Å². The second-order valence-corrected chi connectivity index (χ2v) is 5.59. The first-order valence-corrected chi connectivity index (χ1v) is 7.31. The Kier molecular flexibility index (Phi) is 5.70. The summed E-state index contributed by atoms with van der Waals surface area (Å²) >= 11 is 0. The number of carbonyl (C=O) groups is 1. The van der Waals surface area contributed by atoms with Crippen LogP contribution in [0.1, 0.15) is 19.3 Å². The minimum Gasteiger partial charge on any atom is -0.432 e. The molecule has 1 aliphatic carbocycles. The number of rotatable bonds is 5. The second-order valence-electron chi connectivity index (χ2n) is 5.59. The Morgan fingerprint density at radius 1 is 1.48 bits per heavy atom. The maximum absolute atomic E-state index is 13.1. The topological polar surface area (TPSA) is 61.8 Å². The van der Waals surface area contributed by atoms with Gasteiger partial charge in [0.2, 0.25) is 0 Å². The van der Waals surface area contributed by atoms with Crippen molar-refractivity contribution in [3.05, 3.63) is 24.0 Å². The quantitative estimate of drug-likeness (QED) is 0.871. The van der Waals surface area contributed by atoms with Gasteiger partial charge in [0.25, 0.3) is 0 Å². The molecule has 2 unspecified atom stereocenters. The Bertz CT molecular complexity index is 557. The number of amides is 2. The lowest BCUT2D eigenvalue weighted by Gasteiger charge is -2.24. The van der Waals surface area contributed by atoms with Crippen molar-refractivity contribution < 1.29 is 27.8 Å².